The van der Waals surface area contributed by atoms with E-state index in [-0.39, 0.29) is 0 Å². The Bertz CT molecular complexity index is 3720. The van der Waals surface area contributed by atoms with Gasteiger partial charge in [0.05, 0.1) is 0 Å². The molecule has 0 bridgehead atoms. The average molecular weight is 878 g/mol. The Morgan fingerprint density at radius 3 is 1.13 bits per heavy atom. The minimum absolute atomic E-state index is 1.07. The molecular weight excluding hydrogens is 831 g/mol. The molecule has 0 N–H and O–H groups in total. The maximum absolute atomic E-state index is 2.42. The maximum Gasteiger partial charge on any atom is 0.0468 e. The fourth-order valence-corrected chi connectivity index (χ4v) is 10.1. The number of fused-ring (bicyclic) bond motifs is 3. The van der Waals surface area contributed by atoms with Gasteiger partial charge in [0.1, 0.15) is 0 Å². The van der Waals surface area contributed by atoms with Gasteiger partial charge in [0.25, 0.3) is 0 Å². The molecule has 0 aliphatic rings. The van der Waals surface area contributed by atoms with Gasteiger partial charge in [-0.2, -0.15) is 0 Å². The third-order valence-electron chi connectivity index (χ3n) is 13.5. The summed E-state index contributed by atoms with van der Waals surface area (Å²) in [6, 6.07) is 104. The van der Waals surface area contributed by atoms with E-state index in [1.54, 1.807) is 0 Å². The Hall–Kier alpha value is -9.04. The maximum atomic E-state index is 2.42. The summed E-state index contributed by atoms with van der Waals surface area (Å²) in [6.45, 7) is 0. The fraction of sp³-hybridized carbons (Fsp3) is 0. The first-order chi connectivity index (χ1) is 34.2. The molecule has 0 aliphatic heterocycles. The Kier molecular flexibility index (Phi) is 11.0. The van der Waals surface area contributed by atoms with Crippen LogP contribution < -0.4 is 4.90 Å². The minimum Gasteiger partial charge on any atom is -0.310 e. The van der Waals surface area contributed by atoms with E-state index < -0.39 is 0 Å². The van der Waals surface area contributed by atoms with Crippen molar-refractivity contribution in [3.05, 3.63) is 285 Å². The van der Waals surface area contributed by atoms with Gasteiger partial charge < -0.3 is 4.90 Å². The molecule has 0 amide bonds. The molecule has 12 rings (SSSR count). The Morgan fingerprint density at radius 2 is 0.551 bits per heavy atom. The summed E-state index contributed by atoms with van der Waals surface area (Å²) >= 11 is 0. The normalized spacial score (nSPS) is 11.2. The molecule has 324 valence electrons. The van der Waals surface area contributed by atoms with Crippen molar-refractivity contribution in [1.29, 1.82) is 0 Å². The van der Waals surface area contributed by atoms with Crippen molar-refractivity contribution in [2.45, 2.75) is 0 Å². The molecule has 1 nitrogen and oxygen atoms in total. The summed E-state index contributed by atoms with van der Waals surface area (Å²) in [5, 5.41) is 4.98. The molecule has 1 heteroatoms. The summed E-state index contributed by atoms with van der Waals surface area (Å²) in [7, 11) is 0. The van der Waals surface area contributed by atoms with Crippen LogP contribution >= 0.6 is 0 Å². The molecule has 0 heterocycles. The van der Waals surface area contributed by atoms with Crippen LogP contribution in [0.4, 0.5) is 17.1 Å². The first-order valence-corrected chi connectivity index (χ1v) is 23.7. The fourth-order valence-electron chi connectivity index (χ4n) is 10.1. The molecule has 0 saturated heterocycles. The van der Waals surface area contributed by atoms with Gasteiger partial charge in [0.2, 0.25) is 0 Å². The lowest BCUT2D eigenvalue weighted by Crippen LogP contribution is -2.10. The van der Waals surface area contributed by atoms with Gasteiger partial charge in [0, 0.05) is 17.1 Å². The highest BCUT2D eigenvalue weighted by Crippen LogP contribution is 2.47. The lowest BCUT2D eigenvalue weighted by Gasteiger charge is -2.27. The molecule has 0 spiro atoms. The van der Waals surface area contributed by atoms with Gasteiger partial charge in [-0.3, -0.25) is 0 Å². The van der Waals surface area contributed by atoms with E-state index in [1.807, 2.05) is 0 Å². The van der Waals surface area contributed by atoms with Crippen molar-refractivity contribution in [1.82, 2.24) is 0 Å². The zero-order valence-electron chi connectivity index (χ0n) is 38.1. The van der Waals surface area contributed by atoms with E-state index in [1.165, 1.54) is 88.3 Å². The Labute approximate surface area is 404 Å². The number of anilines is 3. The van der Waals surface area contributed by atoms with Gasteiger partial charge in [0.15, 0.2) is 0 Å². The van der Waals surface area contributed by atoms with Gasteiger partial charge in [-0.1, -0.05) is 243 Å². The van der Waals surface area contributed by atoms with Crippen LogP contribution in [0.3, 0.4) is 0 Å². The molecule has 0 saturated carbocycles. The smallest absolute Gasteiger partial charge is 0.0468 e. The lowest BCUT2D eigenvalue weighted by molar-refractivity contribution is 1.28. The van der Waals surface area contributed by atoms with Gasteiger partial charge in [-0.25, -0.2) is 0 Å². The summed E-state index contributed by atoms with van der Waals surface area (Å²) < 4.78 is 0. The van der Waals surface area contributed by atoms with Crippen LogP contribution in [0.5, 0.6) is 0 Å². The highest BCUT2D eigenvalue weighted by Gasteiger charge is 2.20. The van der Waals surface area contributed by atoms with Gasteiger partial charge in [-0.15, -0.1) is 0 Å². The third kappa shape index (κ3) is 8.07. The molecule has 0 aromatic heterocycles. The average Bonchev–Trinajstić information content (AvgIpc) is 3.44. The van der Waals surface area contributed by atoms with Crippen LogP contribution in [0.15, 0.2) is 285 Å². The first-order valence-electron chi connectivity index (χ1n) is 23.7. The van der Waals surface area contributed by atoms with E-state index in [4.69, 9.17) is 0 Å². The summed E-state index contributed by atoms with van der Waals surface area (Å²) in [6.07, 6.45) is 0. The van der Waals surface area contributed by atoms with Gasteiger partial charge in [-0.05, 0) is 142 Å². The Balaban J connectivity index is 1.02. The summed E-state index contributed by atoms with van der Waals surface area (Å²) in [5.74, 6) is 0. The quantitative estimate of drug-likeness (QED) is 0.124. The number of nitrogens with zero attached hydrogens (tertiary/aromatic N) is 1. The first kappa shape index (κ1) is 41.4. The second kappa shape index (κ2) is 18.3. The largest absolute Gasteiger partial charge is 0.310 e. The summed E-state index contributed by atoms with van der Waals surface area (Å²) in [4.78, 5) is 2.41. The van der Waals surface area contributed by atoms with Crippen LogP contribution in [0.1, 0.15) is 0 Å². The molecule has 0 radical (unpaired) electrons. The van der Waals surface area contributed by atoms with Crippen molar-refractivity contribution < 1.29 is 0 Å². The molecule has 69 heavy (non-hydrogen) atoms. The monoisotopic (exact) mass is 877 g/mol. The zero-order valence-corrected chi connectivity index (χ0v) is 38.1. The van der Waals surface area contributed by atoms with Crippen LogP contribution in [0, 0.1) is 0 Å². The van der Waals surface area contributed by atoms with E-state index >= 15 is 0 Å². The number of hydrogen-bond acceptors (Lipinski definition) is 1. The van der Waals surface area contributed by atoms with Crippen LogP contribution in [-0.4, -0.2) is 0 Å². The number of rotatable bonds is 10. The Morgan fingerprint density at radius 1 is 0.174 bits per heavy atom. The van der Waals surface area contributed by atoms with Crippen LogP contribution in [-0.2, 0) is 0 Å². The molecular formula is C68H47N. The predicted molar refractivity (Wildman–Crippen MR) is 294 cm³/mol. The summed E-state index contributed by atoms with van der Waals surface area (Å²) in [5.41, 5.74) is 20.0. The van der Waals surface area contributed by atoms with Crippen molar-refractivity contribution >= 4 is 38.6 Å². The second-order valence-electron chi connectivity index (χ2n) is 17.6. The van der Waals surface area contributed by atoms with E-state index in [2.05, 4.69) is 290 Å². The SMILES string of the molecule is c1ccc(-c2ccc(-c3ccc(N(c4cccc(-c5ccc6c(c5)c(-c5ccccc5)c(-c5ccccc5)c5ccccc56)c4)c4ccc(-c5ccccc5)c(-c5ccccc5)c4)cc3)cc2)cc1. The molecule has 12 aromatic carbocycles. The van der Waals surface area contributed by atoms with Crippen molar-refractivity contribution in [3.63, 3.8) is 0 Å². The van der Waals surface area contributed by atoms with Crippen molar-refractivity contribution in [2.75, 3.05) is 4.90 Å². The van der Waals surface area contributed by atoms with Gasteiger partial charge >= 0.3 is 0 Å². The van der Waals surface area contributed by atoms with E-state index in [0.717, 1.165) is 28.2 Å². The minimum atomic E-state index is 1.07. The van der Waals surface area contributed by atoms with E-state index in [0.29, 0.717) is 0 Å². The van der Waals surface area contributed by atoms with Crippen molar-refractivity contribution in [2.24, 2.45) is 0 Å². The van der Waals surface area contributed by atoms with E-state index in [9.17, 15) is 0 Å². The molecule has 0 unspecified atom stereocenters. The standard InChI is InChI=1S/C68H47N/c1-6-19-48(20-7-1)49-33-35-50(36-34-49)51-37-40-58(41-38-51)69(60-42-44-61(52-21-8-2-9-22-52)65(47-60)53-23-10-3-11-24-53)59-30-18-29-56(45-59)57-39-43-63-62-31-16-17-32-64(62)67(54-25-12-4-13-26-54)68(66(63)46-57)55-27-14-5-15-28-55/h1-47H. The van der Waals surface area contributed by atoms with Crippen molar-refractivity contribution in [3.8, 4) is 77.9 Å². The van der Waals surface area contributed by atoms with Crippen LogP contribution in [0.25, 0.3) is 99.4 Å². The molecule has 12 aromatic rings. The third-order valence-corrected chi connectivity index (χ3v) is 13.5. The molecule has 0 atom stereocenters. The zero-order chi connectivity index (χ0) is 45.9. The topological polar surface area (TPSA) is 3.24 Å². The molecule has 0 aliphatic carbocycles. The second-order valence-corrected chi connectivity index (χ2v) is 17.6. The predicted octanol–water partition coefficient (Wildman–Crippen LogP) is 19.1. The highest BCUT2D eigenvalue weighted by molar-refractivity contribution is 6.22. The highest BCUT2D eigenvalue weighted by atomic mass is 15.1. The lowest BCUT2D eigenvalue weighted by atomic mass is 9.84. The molecule has 0 fully saturated rings. The number of hydrogen-bond donors (Lipinski definition) is 0. The number of benzene rings is 12. The van der Waals surface area contributed by atoms with Crippen LogP contribution in [0.2, 0.25) is 0 Å².